The number of fused-ring (bicyclic) bond motifs is 1. The predicted octanol–water partition coefficient (Wildman–Crippen LogP) is 3.25. The Morgan fingerprint density at radius 2 is 1.83 bits per heavy atom. The molecule has 0 N–H and O–H groups in total. The first-order valence-electron chi connectivity index (χ1n) is 7.21. The molecule has 1 aromatic heterocycles. The molecule has 1 heterocycles. The van der Waals surface area contributed by atoms with Crippen LogP contribution in [0.2, 0.25) is 0 Å². The molecule has 0 aliphatic heterocycles. The molecule has 0 saturated carbocycles. The van der Waals surface area contributed by atoms with Crippen molar-refractivity contribution >= 4 is 22.9 Å². The first kappa shape index (κ1) is 15.6. The monoisotopic (exact) mass is 324 g/mol. The molecule has 3 aromatic rings. The SMILES string of the molecule is Cc1c(C(=O)/C=C/c2ccc(F)cc2)[n+](=O)c2ccccc2n1[O-]. The van der Waals surface area contributed by atoms with Crippen molar-refractivity contribution in [2.75, 3.05) is 0 Å². The Kier molecular flexibility index (Phi) is 3.95. The lowest BCUT2D eigenvalue weighted by atomic mass is 10.1. The van der Waals surface area contributed by atoms with E-state index in [4.69, 9.17) is 0 Å². The summed E-state index contributed by atoms with van der Waals surface area (Å²) in [4.78, 5) is 24.8. The van der Waals surface area contributed by atoms with Gasteiger partial charge in [-0.1, -0.05) is 30.3 Å². The Bertz CT molecular complexity index is 1020. The highest BCUT2D eigenvalue weighted by atomic mass is 19.1. The van der Waals surface area contributed by atoms with E-state index in [1.165, 1.54) is 55.5 Å². The number of allylic oxidation sites excluding steroid dienone is 1. The summed E-state index contributed by atoms with van der Waals surface area (Å²) in [5.74, 6) is -0.976. The van der Waals surface area contributed by atoms with Crippen molar-refractivity contribution in [3.8, 4) is 0 Å². The second-order valence-corrected chi connectivity index (χ2v) is 5.26. The van der Waals surface area contributed by atoms with Gasteiger partial charge in [-0.05, 0) is 36.8 Å². The molecule has 0 radical (unpaired) electrons. The molecule has 3 rings (SSSR count). The van der Waals surface area contributed by atoms with Crippen molar-refractivity contribution < 1.29 is 13.6 Å². The van der Waals surface area contributed by atoms with Crippen LogP contribution in [0, 0.1) is 22.9 Å². The van der Waals surface area contributed by atoms with E-state index in [0.717, 1.165) is 0 Å². The van der Waals surface area contributed by atoms with Gasteiger partial charge in [-0.3, -0.25) is 4.79 Å². The van der Waals surface area contributed by atoms with Gasteiger partial charge in [0.15, 0.2) is 0 Å². The van der Waals surface area contributed by atoms with Gasteiger partial charge in [0.1, 0.15) is 11.3 Å². The van der Waals surface area contributed by atoms with Crippen LogP contribution in [0.1, 0.15) is 21.7 Å². The van der Waals surface area contributed by atoms with Gasteiger partial charge in [0, 0.05) is 11.0 Å². The summed E-state index contributed by atoms with van der Waals surface area (Å²) in [5, 5.41) is 12.3. The lowest BCUT2D eigenvalue weighted by molar-refractivity contribution is -0.468. The molecule has 0 saturated heterocycles. The van der Waals surface area contributed by atoms with E-state index in [-0.39, 0.29) is 28.2 Å². The highest BCUT2D eigenvalue weighted by Crippen LogP contribution is 2.14. The topological polar surface area (TPSA) is 68.0 Å². The molecule has 0 bridgehead atoms. The van der Waals surface area contributed by atoms with Crippen molar-refractivity contribution in [1.29, 1.82) is 0 Å². The summed E-state index contributed by atoms with van der Waals surface area (Å²) >= 11 is 0. The largest absolute Gasteiger partial charge is 0.805 e. The van der Waals surface area contributed by atoms with Crippen LogP contribution in [-0.2, 0) is 0 Å². The van der Waals surface area contributed by atoms with Gasteiger partial charge < -0.3 is 9.94 Å². The average Bonchev–Trinajstić information content (AvgIpc) is 2.59. The maximum atomic E-state index is 12.9. The third kappa shape index (κ3) is 2.69. The Morgan fingerprint density at radius 3 is 2.54 bits per heavy atom. The standard InChI is InChI=1S/C18H13FN2O3/c1-12-18(17(22)11-8-13-6-9-14(19)10-7-13)21(24)16-5-3-2-4-15(16)20(12)23/h2-11H,1H3/b11-8+. The number of nitrogens with zero attached hydrogens (tertiary/aromatic N) is 2. The molecular weight excluding hydrogens is 311 g/mol. The van der Waals surface area contributed by atoms with Crippen molar-refractivity contribution in [1.82, 2.24) is 4.73 Å². The van der Waals surface area contributed by atoms with Gasteiger partial charge >= 0.3 is 5.69 Å². The third-order valence-electron chi connectivity index (χ3n) is 3.70. The van der Waals surface area contributed by atoms with Crippen LogP contribution in [0.4, 0.5) is 4.39 Å². The fraction of sp³-hybridized carbons (Fsp3) is 0.0556. The summed E-state index contributed by atoms with van der Waals surface area (Å²) in [6.45, 7) is 1.42. The van der Waals surface area contributed by atoms with E-state index in [1.807, 2.05) is 0 Å². The summed E-state index contributed by atoms with van der Waals surface area (Å²) < 4.78 is 13.9. The second-order valence-electron chi connectivity index (χ2n) is 5.26. The quantitative estimate of drug-likeness (QED) is 0.422. The number of halogens is 1. The van der Waals surface area contributed by atoms with Crippen molar-refractivity contribution in [3.63, 3.8) is 0 Å². The van der Waals surface area contributed by atoms with E-state index in [2.05, 4.69) is 0 Å². The number of hydrogen-bond donors (Lipinski definition) is 0. The van der Waals surface area contributed by atoms with Gasteiger partial charge in [0.05, 0.1) is 10.1 Å². The van der Waals surface area contributed by atoms with Crippen LogP contribution in [0.5, 0.6) is 0 Å². The normalized spacial score (nSPS) is 11.2. The number of benzene rings is 2. The minimum atomic E-state index is -0.595. The zero-order valence-electron chi connectivity index (χ0n) is 12.8. The zero-order chi connectivity index (χ0) is 17.3. The highest BCUT2D eigenvalue weighted by molar-refractivity contribution is 6.05. The van der Waals surface area contributed by atoms with Crippen LogP contribution in [-0.4, -0.2) is 10.5 Å². The van der Waals surface area contributed by atoms with E-state index < -0.39 is 5.78 Å². The first-order chi connectivity index (χ1) is 11.5. The Labute approximate surface area is 136 Å². The number of hydrogen-bond acceptors (Lipinski definition) is 3. The summed E-state index contributed by atoms with van der Waals surface area (Å²) in [5.41, 5.74) is 0.718. The molecule has 0 unspecified atom stereocenters. The molecule has 24 heavy (non-hydrogen) atoms. The maximum absolute atomic E-state index is 12.9. The molecule has 2 aromatic carbocycles. The summed E-state index contributed by atoms with van der Waals surface area (Å²) in [6, 6.07) is 11.8. The lowest BCUT2D eigenvalue weighted by Gasteiger charge is -2.15. The summed E-state index contributed by atoms with van der Waals surface area (Å²) in [6.07, 6.45) is 2.66. The predicted molar refractivity (Wildman–Crippen MR) is 88.6 cm³/mol. The van der Waals surface area contributed by atoms with Crippen molar-refractivity contribution in [2.24, 2.45) is 0 Å². The number of rotatable bonds is 3. The number of carbonyl (C=O) groups excluding carboxylic acids is 1. The molecule has 0 aliphatic carbocycles. The van der Waals surface area contributed by atoms with Crippen LogP contribution in [0.3, 0.4) is 0 Å². The average molecular weight is 324 g/mol. The number of carbonyl (C=O) groups is 1. The molecule has 0 fully saturated rings. The van der Waals surface area contributed by atoms with Crippen molar-refractivity contribution in [3.05, 3.63) is 87.5 Å². The van der Waals surface area contributed by atoms with E-state index >= 15 is 0 Å². The molecule has 120 valence electrons. The molecule has 0 aliphatic rings. The molecule has 0 amide bonds. The van der Waals surface area contributed by atoms with E-state index in [1.54, 1.807) is 12.1 Å². The smallest absolute Gasteiger partial charge is 0.329 e. The second kappa shape index (κ2) is 6.08. The van der Waals surface area contributed by atoms with E-state index in [0.29, 0.717) is 14.7 Å². The number of aromatic nitrogens is 2. The van der Waals surface area contributed by atoms with Crippen LogP contribution >= 0.6 is 0 Å². The zero-order valence-corrected chi connectivity index (χ0v) is 12.8. The fourth-order valence-corrected chi connectivity index (χ4v) is 2.46. The first-order valence-corrected chi connectivity index (χ1v) is 7.21. The van der Waals surface area contributed by atoms with Gasteiger partial charge in [0.25, 0.3) is 11.3 Å². The number of para-hydroxylation sites is 2. The maximum Gasteiger partial charge on any atom is 0.329 e. The molecule has 0 atom stereocenters. The van der Waals surface area contributed by atoms with Crippen LogP contribution < -0.4 is 4.43 Å². The van der Waals surface area contributed by atoms with Gasteiger partial charge in [-0.15, -0.1) is 0 Å². The molecule has 5 nitrogen and oxygen atoms in total. The van der Waals surface area contributed by atoms with Gasteiger partial charge in [-0.2, -0.15) is 0 Å². The Hall–Kier alpha value is -3.28. The Morgan fingerprint density at radius 1 is 1.17 bits per heavy atom. The lowest BCUT2D eigenvalue weighted by Crippen LogP contribution is -2.29. The minimum Gasteiger partial charge on any atom is -0.805 e. The molecule has 6 heteroatoms. The Balaban J connectivity index is 2.07. The van der Waals surface area contributed by atoms with Crippen molar-refractivity contribution in [2.45, 2.75) is 6.92 Å². The van der Waals surface area contributed by atoms with Gasteiger partial charge in [0.2, 0.25) is 0 Å². The van der Waals surface area contributed by atoms with E-state index in [9.17, 15) is 19.3 Å². The molecule has 0 spiro atoms. The van der Waals surface area contributed by atoms with Crippen LogP contribution in [0.25, 0.3) is 17.1 Å². The fourth-order valence-electron chi connectivity index (χ4n) is 2.46. The molecular formula is C18H13FN2O3. The minimum absolute atomic E-state index is 0.0254. The third-order valence-corrected chi connectivity index (χ3v) is 3.70. The van der Waals surface area contributed by atoms with Crippen LogP contribution in [0.15, 0.2) is 54.6 Å². The summed E-state index contributed by atoms with van der Waals surface area (Å²) in [7, 11) is 0. The number of ketones is 1. The highest BCUT2D eigenvalue weighted by Gasteiger charge is 2.24. The van der Waals surface area contributed by atoms with Gasteiger partial charge in [-0.25, -0.2) is 4.39 Å².